The molecule has 2 aromatic carbocycles. The summed E-state index contributed by atoms with van der Waals surface area (Å²) in [4.78, 5) is 27.3. The number of para-hydroxylation sites is 1. The Morgan fingerprint density at radius 1 is 1.14 bits per heavy atom. The van der Waals surface area contributed by atoms with Crippen molar-refractivity contribution in [3.63, 3.8) is 0 Å². The first-order chi connectivity index (χ1) is 17.2. The molecule has 1 aliphatic heterocycles. The van der Waals surface area contributed by atoms with E-state index in [0.29, 0.717) is 26.2 Å². The maximum absolute atomic E-state index is 13.7. The summed E-state index contributed by atoms with van der Waals surface area (Å²) in [7, 11) is -4.26. The van der Waals surface area contributed by atoms with Gasteiger partial charge in [-0.15, -0.1) is 17.3 Å². The van der Waals surface area contributed by atoms with Gasteiger partial charge in [-0.3, -0.25) is 9.59 Å². The van der Waals surface area contributed by atoms with E-state index in [1.165, 1.54) is 29.2 Å². The Balaban J connectivity index is 1.73. The molecule has 0 fully saturated rings. The number of fused-ring (bicyclic) bond motifs is 1. The molecule has 0 spiro atoms. The van der Waals surface area contributed by atoms with Crippen molar-refractivity contribution in [2.45, 2.75) is 24.4 Å². The quantitative estimate of drug-likeness (QED) is 0.468. The maximum Gasteiger partial charge on any atom is 0.323 e. The molecule has 1 unspecified atom stereocenters. The van der Waals surface area contributed by atoms with E-state index in [9.17, 15) is 23.1 Å². The molecular weight excluding hydrogens is 524 g/mol. The van der Waals surface area contributed by atoms with Crippen LogP contribution in [0.2, 0.25) is 4.34 Å². The van der Waals surface area contributed by atoms with Crippen molar-refractivity contribution < 1.29 is 27.9 Å². The third kappa shape index (κ3) is 5.24. The van der Waals surface area contributed by atoms with E-state index in [1.54, 1.807) is 43.3 Å². The molecule has 1 aromatic heterocycles. The highest BCUT2D eigenvalue weighted by Gasteiger charge is 2.41. The van der Waals surface area contributed by atoms with Gasteiger partial charge in [0.15, 0.2) is 0 Å². The van der Waals surface area contributed by atoms with Crippen molar-refractivity contribution in [1.82, 2.24) is 4.31 Å². The van der Waals surface area contributed by atoms with Gasteiger partial charge in [-0.25, -0.2) is 8.42 Å². The molecule has 2 heterocycles. The van der Waals surface area contributed by atoms with E-state index < -0.39 is 27.9 Å². The van der Waals surface area contributed by atoms with Crippen LogP contribution in [0.4, 0.5) is 5.69 Å². The number of carboxylic acids is 1. The summed E-state index contributed by atoms with van der Waals surface area (Å²) in [6.07, 6.45) is 0. The molecule has 36 heavy (non-hydrogen) atoms. The fourth-order valence-corrected chi connectivity index (χ4v) is 6.34. The zero-order chi connectivity index (χ0) is 25.9. The number of thiophene rings is 1. The van der Waals surface area contributed by atoms with Crippen LogP contribution in [0, 0.1) is 11.8 Å². The molecule has 1 aliphatic rings. The highest BCUT2D eigenvalue weighted by atomic mass is 35.5. The molecule has 0 radical (unpaired) electrons. The Labute approximate surface area is 217 Å². The second-order valence-corrected chi connectivity index (χ2v) is 11.3. The third-order valence-electron chi connectivity index (χ3n) is 5.54. The van der Waals surface area contributed by atoms with E-state index in [4.69, 9.17) is 16.3 Å². The summed E-state index contributed by atoms with van der Waals surface area (Å²) < 4.78 is 34.1. The number of nitrogens with zero attached hydrogens (tertiary/aromatic N) is 2. The second-order valence-electron chi connectivity index (χ2n) is 7.74. The van der Waals surface area contributed by atoms with Crippen LogP contribution in [0.1, 0.15) is 22.2 Å². The maximum atomic E-state index is 13.7. The Morgan fingerprint density at radius 3 is 2.50 bits per heavy atom. The van der Waals surface area contributed by atoms with Crippen molar-refractivity contribution in [3.05, 3.63) is 75.4 Å². The Kier molecular flexibility index (Phi) is 7.66. The van der Waals surface area contributed by atoms with Gasteiger partial charge in [0.2, 0.25) is 10.0 Å². The highest BCUT2D eigenvalue weighted by molar-refractivity contribution is 7.89. The summed E-state index contributed by atoms with van der Waals surface area (Å²) in [5.74, 6) is 4.06. The number of anilines is 1. The van der Waals surface area contributed by atoms with Gasteiger partial charge in [-0.2, -0.15) is 4.31 Å². The van der Waals surface area contributed by atoms with Crippen LogP contribution in [0.3, 0.4) is 0 Å². The summed E-state index contributed by atoms with van der Waals surface area (Å²) in [6.45, 7) is 1.24. The van der Waals surface area contributed by atoms with Crippen LogP contribution in [0.15, 0.2) is 65.6 Å². The van der Waals surface area contributed by atoms with Crippen LogP contribution in [-0.4, -0.2) is 48.9 Å². The number of amides is 1. The predicted octanol–water partition coefficient (Wildman–Crippen LogP) is 4.11. The highest BCUT2D eigenvalue weighted by Crippen LogP contribution is 2.33. The summed E-state index contributed by atoms with van der Waals surface area (Å²) in [5, 5.41) is 10.1. The van der Waals surface area contributed by atoms with Crippen LogP contribution in [-0.2, 0) is 21.4 Å². The fraction of sp³-hybridized carbons (Fsp3) is 0.200. The molecule has 1 N–H and O–H groups in total. The van der Waals surface area contributed by atoms with E-state index in [2.05, 4.69) is 11.8 Å². The first-order valence-corrected chi connectivity index (χ1v) is 13.4. The molecule has 0 bridgehead atoms. The number of carbonyl (C=O) groups is 2. The number of ether oxygens (including phenoxy) is 1. The number of hydrogen-bond donors (Lipinski definition) is 1. The second kappa shape index (κ2) is 10.7. The number of halogens is 1. The molecule has 4 rings (SSSR count). The summed E-state index contributed by atoms with van der Waals surface area (Å²) >= 11 is 7.07. The lowest BCUT2D eigenvalue weighted by atomic mass is 10.1. The van der Waals surface area contributed by atoms with Crippen LogP contribution >= 0.6 is 22.9 Å². The molecule has 8 nitrogen and oxygen atoms in total. The van der Waals surface area contributed by atoms with Crippen molar-refractivity contribution in [3.8, 4) is 17.6 Å². The molecule has 1 amide bonds. The lowest BCUT2D eigenvalue weighted by Gasteiger charge is -2.28. The van der Waals surface area contributed by atoms with E-state index >= 15 is 0 Å². The van der Waals surface area contributed by atoms with Gasteiger partial charge in [-0.1, -0.05) is 35.7 Å². The molecule has 0 saturated carbocycles. The molecule has 11 heteroatoms. The first-order valence-electron chi connectivity index (χ1n) is 10.7. The number of sulfonamides is 1. The monoisotopic (exact) mass is 544 g/mol. The Morgan fingerprint density at radius 2 is 1.86 bits per heavy atom. The summed E-state index contributed by atoms with van der Waals surface area (Å²) in [5.41, 5.74) is 0.940. The van der Waals surface area contributed by atoms with E-state index in [-0.39, 0.29) is 24.6 Å². The van der Waals surface area contributed by atoms with E-state index in [0.717, 1.165) is 15.6 Å². The summed E-state index contributed by atoms with van der Waals surface area (Å²) in [6, 6.07) is 14.1. The molecule has 3 aromatic rings. The smallest absolute Gasteiger partial charge is 0.323 e. The minimum atomic E-state index is -4.26. The number of aliphatic carboxylic acids is 1. The average molecular weight is 545 g/mol. The van der Waals surface area contributed by atoms with Gasteiger partial charge in [0.25, 0.3) is 5.91 Å². The molecule has 0 aliphatic carbocycles. The van der Waals surface area contributed by atoms with Crippen molar-refractivity contribution in [1.29, 1.82) is 0 Å². The predicted molar refractivity (Wildman–Crippen MR) is 137 cm³/mol. The fourth-order valence-electron chi connectivity index (χ4n) is 3.79. The normalized spacial score (nSPS) is 15.8. The lowest BCUT2D eigenvalue weighted by molar-refractivity contribution is -0.141. The zero-order valence-corrected chi connectivity index (χ0v) is 21.4. The van der Waals surface area contributed by atoms with E-state index in [1.807, 2.05) is 0 Å². The molecule has 186 valence electrons. The SMILES string of the molecule is CC#CCOc1ccc(S(=O)(=O)N2Cc3ccccc3N(C(=O)c3ccc(Cl)s3)CC2C(=O)O)cc1. The largest absolute Gasteiger partial charge is 0.481 e. The zero-order valence-electron chi connectivity index (χ0n) is 19.0. The van der Waals surface area contributed by atoms with Crippen LogP contribution in [0.25, 0.3) is 0 Å². The number of carbonyl (C=O) groups excluding carboxylic acids is 1. The van der Waals surface area contributed by atoms with Crippen molar-refractivity contribution in [2.24, 2.45) is 0 Å². The van der Waals surface area contributed by atoms with Gasteiger partial charge < -0.3 is 14.7 Å². The van der Waals surface area contributed by atoms with Gasteiger partial charge in [0.1, 0.15) is 18.4 Å². The standard InChI is InChI=1S/C25H21ClN2O6S2/c1-2-3-14-34-18-8-10-19(11-9-18)36(32,33)28-15-17-6-4-5-7-20(17)27(16-21(28)25(30)31)24(29)22-12-13-23(26)35-22/h4-13,21H,14-16H2,1H3,(H,30,31). The lowest BCUT2D eigenvalue weighted by Crippen LogP contribution is -2.50. The molecular formula is C25H21ClN2O6S2. The number of hydrogen-bond acceptors (Lipinski definition) is 6. The van der Waals surface area contributed by atoms with Gasteiger partial charge >= 0.3 is 5.97 Å². The van der Waals surface area contributed by atoms with Crippen molar-refractivity contribution >= 4 is 50.5 Å². The number of carboxylic acid groups (broad SMARTS) is 1. The third-order valence-corrected chi connectivity index (χ3v) is 8.63. The topological polar surface area (TPSA) is 104 Å². The minimum absolute atomic E-state index is 0.0926. The number of benzene rings is 2. The van der Waals surface area contributed by atoms with Crippen LogP contribution < -0.4 is 9.64 Å². The first kappa shape index (κ1) is 25.7. The Bertz CT molecular complexity index is 1460. The minimum Gasteiger partial charge on any atom is -0.481 e. The average Bonchev–Trinajstić information content (AvgIpc) is 3.21. The Hall–Kier alpha value is -3.36. The number of rotatable bonds is 6. The molecule has 1 atom stereocenters. The van der Waals surface area contributed by atoms with Gasteiger partial charge in [0.05, 0.1) is 20.7 Å². The van der Waals surface area contributed by atoms with Crippen molar-refractivity contribution in [2.75, 3.05) is 18.1 Å². The van der Waals surface area contributed by atoms with Crippen LogP contribution in [0.5, 0.6) is 5.75 Å². The van der Waals surface area contributed by atoms with Gasteiger partial charge in [0, 0.05) is 12.2 Å². The van der Waals surface area contributed by atoms with Gasteiger partial charge in [-0.05, 0) is 55.0 Å². The molecule has 0 saturated heterocycles.